The molecule has 1 amide bonds. The molecule has 1 atom stereocenters. The number of hydrogen-bond donors (Lipinski definition) is 1. The highest BCUT2D eigenvalue weighted by Gasteiger charge is 2.38. The van der Waals surface area contributed by atoms with Gasteiger partial charge in [0.1, 0.15) is 6.54 Å². The second-order valence-electron chi connectivity index (χ2n) is 6.48. The molecule has 0 saturated carbocycles. The smallest absolute Gasteiger partial charge is 0.449 e. The molecule has 0 aliphatic carbocycles. The summed E-state index contributed by atoms with van der Waals surface area (Å²) in [5.74, 6) is -2.77. The van der Waals surface area contributed by atoms with Crippen molar-refractivity contribution in [2.24, 2.45) is 0 Å². The van der Waals surface area contributed by atoms with Crippen LogP contribution in [0.15, 0.2) is 48.5 Å². The van der Waals surface area contributed by atoms with Gasteiger partial charge in [0.25, 0.3) is 5.91 Å². The summed E-state index contributed by atoms with van der Waals surface area (Å²) >= 11 is 5.79. The van der Waals surface area contributed by atoms with Crippen LogP contribution in [0.5, 0.6) is 0 Å². The number of rotatable bonds is 6. The first-order valence-electron chi connectivity index (χ1n) is 8.89. The zero-order valence-corrected chi connectivity index (χ0v) is 16.5. The number of alkyl halides is 3. The summed E-state index contributed by atoms with van der Waals surface area (Å²) in [6.45, 7) is 0.790. The molecule has 1 unspecified atom stereocenters. The van der Waals surface area contributed by atoms with Crippen molar-refractivity contribution in [3.05, 3.63) is 64.9 Å². The SMILES string of the molecule is CC(OC(=O)Cn1c(C(F)(F)F)nc2ccccc21)C(=O)NCc1ccc(Cl)cc1. The molecule has 3 aromatic rings. The topological polar surface area (TPSA) is 73.2 Å². The van der Waals surface area contributed by atoms with E-state index in [4.69, 9.17) is 16.3 Å². The van der Waals surface area contributed by atoms with Crippen molar-refractivity contribution >= 4 is 34.5 Å². The molecule has 0 radical (unpaired) electrons. The molecule has 10 heteroatoms. The summed E-state index contributed by atoms with van der Waals surface area (Å²) in [6.07, 6.45) is -5.94. The number of aromatic nitrogens is 2. The first-order chi connectivity index (χ1) is 14.1. The zero-order valence-electron chi connectivity index (χ0n) is 15.7. The van der Waals surface area contributed by atoms with Crippen LogP contribution in [0.4, 0.5) is 13.2 Å². The van der Waals surface area contributed by atoms with Crippen LogP contribution in [-0.2, 0) is 33.6 Å². The predicted octanol–water partition coefficient (Wildman–Crippen LogP) is 3.96. The Morgan fingerprint density at radius 2 is 1.83 bits per heavy atom. The lowest BCUT2D eigenvalue weighted by Gasteiger charge is -2.15. The van der Waals surface area contributed by atoms with Gasteiger partial charge in [-0.2, -0.15) is 13.2 Å². The minimum Gasteiger partial charge on any atom is -0.451 e. The zero-order chi connectivity index (χ0) is 21.9. The number of para-hydroxylation sites is 2. The van der Waals surface area contributed by atoms with Crippen LogP contribution < -0.4 is 5.32 Å². The average Bonchev–Trinajstić information content (AvgIpc) is 3.06. The molecule has 158 valence electrons. The second kappa shape index (κ2) is 8.74. The third-order valence-corrected chi connectivity index (χ3v) is 4.50. The third kappa shape index (κ3) is 5.10. The molecule has 1 N–H and O–H groups in total. The van der Waals surface area contributed by atoms with Crippen molar-refractivity contribution in [3.63, 3.8) is 0 Å². The minimum absolute atomic E-state index is 0.103. The molecule has 0 spiro atoms. The quantitative estimate of drug-likeness (QED) is 0.590. The van der Waals surface area contributed by atoms with Gasteiger partial charge in [-0.3, -0.25) is 9.59 Å². The summed E-state index contributed by atoms with van der Waals surface area (Å²) in [6, 6.07) is 12.7. The van der Waals surface area contributed by atoms with Gasteiger partial charge in [0.2, 0.25) is 5.82 Å². The van der Waals surface area contributed by atoms with Crippen molar-refractivity contribution < 1.29 is 27.5 Å². The number of halogens is 4. The molecule has 3 rings (SSSR count). The molecule has 0 aliphatic heterocycles. The summed E-state index contributed by atoms with van der Waals surface area (Å²) in [7, 11) is 0. The maximum absolute atomic E-state index is 13.3. The standard InChI is InChI=1S/C20H17ClF3N3O3/c1-12(18(29)25-10-13-6-8-14(21)9-7-13)30-17(28)11-27-16-5-3-2-4-15(16)26-19(27)20(22,23)24/h2-9,12H,10-11H2,1H3,(H,25,29). The van der Waals surface area contributed by atoms with E-state index in [1.807, 2.05) is 0 Å². The number of hydrogen-bond acceptors (Lipinski definition) is 4. The number of carbonyl (C=O) groups excluding carboxylic acids is 2. The van der Waals surface area contributed by atoms with Crippen molar-refractivity contribution in [2.45, 2.75) is 32.3 Å². The third-order valence-electron chi connectivity index (χ3n) is 4.25. The van der Waals surface area contributed by atoms with E-state index in [1.165, 1.54) is 19.1 Å². The number of nitrogens with zero attached hydrogens (tertiary/aromatic N) is 2. The maximum Gasteiger partial charge on any atom is 0.449 e. The van der Waals surface area contributed by atoms with Gasteiger partial charge in [-0.1, -0.05) is 35.9 Å². The van der Waals surface area contributed by atoms with E-state index in [0.717, 1.165) is 10.1 Å². The van der Waals surface area contributed by atoms with Crippen LogP contribution in [0.2, 0.25) is 5.02 Å². The Kier molecular flexibility index (Phi) is 6.31. The molecule has 0 bridgehead atoms. The number of imidazole rings is 1. The normalized spacial score (nSPS) is 12.6. The number of ether oxygens (including phenoxy) is 1. The van der Waals surface area contributed by atoms with Crippen LogP contribution in [0.3, 0.4) is 0 Å². The summed E-state index contributed by atoms with van der Waals surface area (Å²) in [5.41, 5.74) is 1.03. The van der Waals surface area contributed by atoms with Crippen molar-refractivity contribution in [1.29, 1.82) is 0 Å². The van der Waals surface area contributed by atoms with Crippen molar-refractivity contribution in [3.8, 4) is 0 Å². The Morgan fingerprint density at radius 3 is 2.50 bits per heavy atom. The largest absolute Gasteiger partial charge is 0.451 e. The lowest BCUT2D eigenvalue weighted by Crippen LogP contribution is -2.36. The summed E-state index contributed by atoms with van der Waals surface area (Å²) in [4.78, 5) is 27.9. The molecule has 0 saturated heterocycles. The predicted molar refractivity (Wildman–Crippen MR) is 104 cm³/mol. The Hall–Kier alpha value is -3.07. The molecule has 2 aromatic carbocycles. The van der Waals surface area contributed by atoms with Gasteiger partial charge in [-0.05, 0) is 36.8 Å². The van der Waals surface area contributed by atoms with Gasteiger partial charge in [-0.15, -0.1) is 0 Å². The van der Waals surface area contributed by atoms with Crippen LogP contribution in [-0.4, -0.2) is 27.5 Å². The van der Waals surface area contributed by atoms with Crippen LogP contribution in [0.25, 0.3) is 11.0 Å². The Labute approximate surface area is 174 Å². The molecule has 0 aliphatic rings. The average molecular weight is 440 g/mol. The van der Waals surface area contributed by atoms with E-state index >= 15 is 0 Å². The summed E-state index contributed by atoms with van der Waals surface area (Å²) < 4.78 is 45.7. The Morgan fingerprint density at radius 1 is 1.17 bits per heavy atom. The van der Waals surface area contributed by atoms with Crippen LogP contribution in [0, 0.1) is 0 Å². The van der Waals surface area contributed by atoms with E-state index in [9.17, 15) is 22.8 Å². The Bertz CT molecular complexity index is 1060. The van der Waals surface area contributed by atoms with Crippen LogP contribution >= 0.6 is 11.6 Å². The highest BCUT2D eigenvalue weighted by atomic mass is 35.5. The molecule has 1 aromatic heterocycles. The first kappa shape index (κ1) is 21.6. The van der Waals surface area contributed by atoms with E-state index in [-0.39, 0.29) is 17.6 Å². The van der Waals surface area contributed by atoms with E-state index in [0.29, 0.717) is 5.02 Å². The van der Waals surface area contributed by atoms with Gasteiger partial charge < -0.3 is 14.6 Å². The molecule has 6 nitrogen and oxygen atoms in total. The number of nitrogens with one attached hydrogen (secondary N) is 1. The number of amides is 1. The van der Waals surface area contributed by atoms with Gasteiger partial charge in [0.05, 0.1) is 11.0 Å². The number of carbonyl (C=O) groups is 2. The highest BCUT2D eigenvalue weighted by molar-refractivity contribution is 6.30. The van der Waals surface area contributed by atoms with E-state index in [2.05, 4.69) is 10.3 Å². The van der Waals surface area contributed by atoms with Gasteiger partial charge in [0.15, 0.2) is 6.10 Å². The Balaban J connectivity index is 1.65. The van der Waals surface area contributed by atoms with Gasteiger partial charge >= 0.3 is 12.1 Å². The minimum atomic E-state index is -4.75. The fourth-order valence-electron chi connectivity index (χ4n) is 2.80. The van der Waals surface area contributed by atoms with Crippen LogP contribution in [0.1, 0.15) is 18.3 Å². The maximum atomic E-state index is 13.3. The molecular weight excluding hydrogens is 423 g/mol. The number of fused-ring (bicyclic) bond motifs is 1. The monoisotopic (exact) mass is 439 g/mol. The van der Waals surface area contributed by atoms with Gasteiger partial charge in [-0.25, -0.2) is 4.98 Å². The van der Waals surface area contributed by atoms with E-state index < -0.39 is 36.5 Å². The highest BCUT2D eigenvalue weighted by Crippen LogP contribution is 2.31. The number of esters is 1. The fourth-order valence-corrected chi connectivity index (χ4v) is 2.93. The molecule has 1 heterocycles. The van der Waals surface area contributed by atoms with Crippen molar-refractivity contribution in [1.82, 2.24) is 14.9 Å². The molecule has 0 fully saturated rings. The lowest BCUT2D eigenvalue weighted by atomic mass is 10.2. The van der Waals surface area contributed by atoms with Crippen molar-refractivity contribution in [2.75, 3.05) is 0 Å². The van der Waals surface area contributed by atoms with E-state index in [1.54, 1.807) is 36.4 Å². The molecular formula is C20H17ClF3N3O3. The fraction of sp³-hybridized carbons (Fsp3) is 0.250. The summed E-state index contributed by atoms with van der Waals surface area (Å²) in [5, 5.41) is 3.14. The van der Waals surface area contributed by atoms with Gasteiger partial charge in [0, 0.05) is 11.6 Å². The molecule has 30 heavy (non-hydrogen) atoms. The lowest BCUT2D eigenvalue weighted by molar-refractivity contribution is -0.157. The first-order valence-corrected chi connectivity index (χ1v) is 9.27. The number of benzene rings is 2. The second-order valence-corrected chi connectivity index (χ2v) is 6.92.